The molecule has 2 aliphatic heterocycles. The van der Waals surface area contributed by atoms with Crippen molar-refractivity contribution in [3.63, 3.8) is 0 Å². The second kappa shape index (κ2) is 8.08. The lowest BCUT2D eigenvalue weighted by molar-refractivity contribution is 0.223. The first-order chi connectivity index (χ1) is 16.1. The summed E-state index contributed by atoms with van der Waals surface area (Å²) >= 11 is 5.18. The van der Waals surface area contributed by atoms with Gasteiger partial charge in [-0.25, -0.2) is 4.68 Å². The smallest absolute Gasteiger partial charge is 0.227 e. The monoisotopic (exact) mass is 516 g/mol. The highest BCUT2D eigenvalue weighted by Gasteiger charge is 2.41. The van der Waals surface area contributed by atoms with E-state index in [-0.39, 0.29) is 12.1 Å². The number of aromatic nitrogens is 3. The van der Waals surface area contributed by atoms with E-state index in [0.29, 0.717) is 0 Å². The Morgan fingerprint density at radius 3 is 2.61 bits per heavy atom. The van der Waals surface area contributed by atoms with E-state index in [1.54, 1.807) is 11.8 Å². The molecular weight excluding hydrogens is 496 g/mol. The van der Waals surface area contributed by atoms with Gasteiger partial charge in [-0.1, -0.05) is 81.8 Å². The third-order valence-corrected chi connectivity index (χ3v) is 7.12. The minimum atomic E-state index is -0.277. The molecule has 0 saturated heterocycles. The number of benzene rings is 3. The maximum absolute atomic E-state index is 6.68. The standard InChI is InChI=1S/C26H21BrN4OS/c1-15-10-12-16(13-11-15)23-21-22(28-25-29-26(33-2)30-31(23)25)19-8-3-4-9-20(19)32-24(21)17-6-5-7-18(27)14-17/h3-14,23-24H,1-2H3,(H,28,29,30). The average Bonchev–Trinajstić information content (AvgIpc) is 3.26. The molecule has 0 saturated carbocycles. The molecule has 0 spiro atoms. The zero-order valence-electron chi connectivity index (χ0n) is 18.1. The number of hydrogen-bond donors (Lipinski definition) is 1. The summed E-state index contributed by atoms with van der Waals surface area (Å²) in [5.74, 6) is 1.60. The van der Waals surface area contributed by atoms with Crippen LogP contribution in [0.1, 0.15) is 34.4 Å². The fraction of sp³-hybridized carbons (Fsp3) is 0.154. The number of anilines is 1. The number of aryl methyl sites for hydroxylation is 1. The van der Waals surface area contributed by atoms with Gasteiger partial charge in [-0.3, -0.25) is 0 Å². The van der Waals surface area contributed by atoms with Crippen LogP contribution in [-0.2, 0) is 0 Å². The van der Waals surface area contributed by atoms with Crippen LogP contribution in [0.2, 0.25) is 0 Å². The normalized spacial score (nSPS) is 18.6. The van der Waals surface area contributed by atoms with Gasteiger partial charge in [0.2, 0.25) is 11.1 Å². The molecule has 0 bridgehead atoms. The Labute approximate surface area is 205 Å². The first kappa shape index (κ1) is 20.6. The molecule has 33 heavy (non-hydrogen) atoms. The minimum Gasteiger partial charge on any atom is -0.480 e. The maximum Gasteiger partial charge on any atom is 0.227 e. The summed E-state index contributed by atoms with van der Waals surface area (Å²) in [5, 5.41) is 9.19. The van der Waals surface area contributed by atoms with Gasteiger partial charge in [-0.05, 0) is 48.6 Å². The molecule has 1 N–H and O–H groups in total. The molecule has 0 fully saturated rings. The van der Waals surface area contributed by atoms with Gasteiger partial charge >= 0.3 is 0 Å². The minimum absolute atomic E-state index is 0.150. The first-order valence-corrected chi connectivity index (χ1v) is 12.7. The first-order valence-electron chi connectivity index (χ1n) is 10.7. The lowest BCUT2D eigenvalue weighted by atomic mass is 9.84. The molecule has 7 heteroatoms. The van der Waals surface area contributed by atoms with Gasteiger partial charge < -0.3 is 10.1 Å². The summed E-state index contributed by atoms with van der Waals surface area (Å²) in [5.41, 5.74) is 6.66. The number of fused-ring (bicyclic) bond motifs is 3. The third kappa shape index (κ3) is 3.47. The quantitative estimate of drug-likeness (QED) is 0.309. The van der Waals surface area contributed by atoms with Crippen LogP contribution in [-0.4, -0.2) is 21.0 Å². The topological polar surface area (TPSA) is 52.0 Å². The van der Waals surface area contributed by atoms with Crippen LogP contribution in [0.5, 0.6) is 5.75 Å². The lowest BCUT2D eigenvalue weighted by Crippen LogP contribution is -2.32. The van der Waals surface area contributed by atoms with Crippen LogP contribution in [0, 0.1) is 6.92 Å². The molecule has 0 radical (unpaired) electrons. The van der Waals surface area contributed by atoms with Gasteiger partial charge in [0.05, 0.1) is 5.70 Å². The van der Waals surface area contributed by atoms with Crippen LogP contribution < -0.4 is 10.1 Å². The van der Waals surface area contributed by atoms with Crippen LogP contribution in [0.15, 0.2) is 88.0 Å². The van der Waals surface area contributed by atoms with Crippen LogP contribution >= 0.6 is 27.7 Å². The fourth-order valence-corrected chi connectivity index (χ4v) is 5.32. The summed E-state index contributed by atoms with van der Waals surface area (Å²) in [6, 6.07) is 25.0. The molecule has 1 aromatic heterocycles. The molecule has 2 atom stereocenters. The van der Waals surface area contributed by atoms with E-state index in [4.69, 9.17) is 14.8 Å². The number of halogens is 1. The van der Waals surface area contributed by atoms with E-state index in [2.05, 4.69) is 70.6 Å². The van der Waals surface area contributed by atoms with Crippen molar-refractivity contribution in [2.24, 2.45) is 0 Å². The van der Waals surface area contributed by atoms with Gasteiger partial charge in [0.15, 0.2) is 0 Å². The molecule has 4 aromatic rings. The van der Waals surface area contributed by atoms with Gasteiger partial charge in [0, 0.05) is 15.6 Å². The number of para-hydroxylation sites is 1. The Balaban J connectivity index is 1.64. The second-order valence-corrected chi connectivity index (χ2v) is 9.87. The molecular formula is C26H21BrN4OS. The highest BCUT2D eigenvalue weighted by Crippen LogP contribution is 2.51. The number of ether oxygens (including phenoxy) is 1. The molecule has 3 heterocycles. The summed E-state index contributed by atoms with van der Waals surface area (Å²) < 4.78 is 9.70. The van der Waals surface area contributed by atoms with Crippen molar-refractivity contribution in [2.75, 3.05) is 11.6 Å². The Morgan fingerprint density at radius 1 is 1.00 bits per heavy atom. The second-order valence-electron chi connectivity index (χ2n) is 8.18. The fourth-order valence-electron chi connectivity index (χ4n) is 4.56. The van der Waals surface area contributed by atoms with E-state index in [1.807, 2.05) is 41.3 Å². The van der Waals surface area contributed by atoms with Crippen molar-refractivity contribution in [3.8, 4) is 5.75 Å². The van der Waals surface area contributed by atoms with Crippen LogP contribution in [0.4, 0.5) is 5.95 Å². The molecule has 2 aliphatic rings. The van der Waals surface area contributed by atoms with Crippen molar-refractivity contribution < 1.29 is 4.74 Å². The number of nitrogens with zero attached hydrogens (tertiary/aromatic N) is 3. The average molecular weight is 517 g/mol. The number of rotatable bonds is 3. The highest BCUT2D eigenvalue weighted by molar-refractivity contribution is 9.10. The Bertz CT molecular complexity index is 1400. The molecule has 2 unspecified atom stereocenters. The van der Waals surface area contributed by atoms with Gasteiger partial charge in [-0.15, -0.1) is 5.10 Å². The highest BCUT2D eigenvalue weighted by atomic mass is 79.9. The van der Waals surface area contributed by atoms with E-state index in [9.17, 15) is 0 Å². The van der Waals surface area contributed by atoms with E-state index in [0.717, 1.165) is 49.3 Å². The predicted octanol–water partition coefficient (Wildman–Crippen LogP) is 6.63. The van der Waals surface area contributed by atoms with Crippen molar-refractivity contribution in [1.82, 2.24) is 14.8 Å². The van der Waals surface area contributed by atoms with Gasteiger partial charge in [-0.2, -0.15) is 4.98 Å². The summed E-state index contributed by atoms with van der Waals surface area (Å²) in [4.78, 5) is 4.76. The molecule has 164 valence electrons. The van der Waals surface area contributed by atoms with Crippen molar-refractivity contribution in [1.29, 1.82) is 0 Å². The Morgan fingerprint density at radius 2 is 1.82 bits per heavy atom. The number of nitrogens with one attached hydrogen (secondary N) is 1. The molecule has 0 amide bonds. The number of hydrogen-bond acceptors (Lipinski definition) is 5. The van der Waals surface area contributed by atoms with Crippen LogP contribution in [0.25, 0.3) is 5.70 Å². The zero-order chi connectivity index (χ0) is 22.5. The van der Waals surface area contributed by atoms with E-state index in [1.165, 1.54) is 5.56 Å². The van der Waals surface area contributed by atoms with Crippen molar-refractivity contribution in [3.05, 3.63) is 105 Å². The van der Waals surface area contributed by atoms with Crippen LogP contribution in [0.3, 0.4) is 0 Å². The maximum atomic E-state index is 6.68. The number of thioether (sulfide) groups is 1. The largest absolute Gasteiger partial charge is 0.480 e. The summed E-state index contributed by atoms with van der Waals surface area (Å²) in [6.07, 6.45) is 1.72. The zero-order valence-corrected chi connectivity index (χ0v) is 20.5. The van der Waals surface area contributed by atoms with Crippen molar-refractivity contribution in [2.45, 2.75) is 24.2 Å². The SMILES string of the molecule is CSc1nc2n(n1)C(c1ccc(C)cc1)C1=C(N2)c2ccccc2OC1c1cccc(Br)c1. The van der Waals surface area contributed by atoms with Gasteiger partial charge in [0.1, 0.15) is 17.9 Å². The third-order valence-electron chi connectivity index (χ3n) is 6.09. The summed E-state index contributed by atoms with van der Waals surface area (Å²) in [6.45, 7) is 2.11. The van der Waals surface area contributed by atoms with Crippen molar-refractivity contribution >= 4 is 39.3 Å². The molecule has 6 rings (SSSR count). The molecule has 0 aliphatic carbocycles. The van der Waals surface area contributed by atoms with E-state index < -0.39 is 0 Å². The van der Waals surface area contributed by atoms with Gasteiger partial charge in [0.25, 0.3) is 0 Å². The predicted molar refractivity (Wildman–Crippen MR) is 136 cm³/mol. The Hall–Kier alpha value is -3.03. The Kier molecular flexibility index (Phi) is 5.03. The summed E-state index contributed by atoms with van der Waals surface area (Å²) in [7, 11) is 0. The molecule has 5 nitrogen and oxygen atoms in total. The van der Waals surface area contributed by atoms with E-state index >= 15 is 0 Å². The molecule has 3 aromatic carbocycles. The lowest BCUT2D eigenvalue weighted by Gasteiger charge is -2.39.